The lowest BCUT2D eigenvalue weighted by molar-refractivity contribution is 0.0543. The highest BCUT2D eigenvalue weighted by atomic mass is 79.9. The molecule has 4 nitrogen and oxygen atoms in total. The number of rotatable bonds is 5. The van der Waals surface area contributed by atoms with Crippen LogP contribution >= 0.6 is 15.9 Å². The van der Waals surface area contributed by atoms with Gasteiger partial charge in [0.1, 0.15) is 11.5 Å². The second kappa shape index (κ2) is 7.29. The van der Waals surface area contributed by atoms with Gasteiger partial charge in [-0.25, -0.2) is 0 Å². The average Bonchev–Trinajstić information content (AvgIpc) is 2.50. The van der Waals surface area contributed by atoms with Crippen molar-refractivity contribution in [3.63, 3.8) is 0 Å². The largest absolute Gasteiger partial charge is 0.496 e. The first kappa shape index (κ1) is 15.6. The Morgan fingerprint density at radius 1 is 1.20 bits per heavy atom. The minimum absolute atomic E-state index is 0.246. The van der Waals surface area contributed by atoms with Crippen molar-refractivity contribution in [1.82, 2.24) is 5.32 Å². The van der Waals surface area contributed by atoms with Crippen molar-refractivity contribution in [2.75, 3.05) is 34.5 Å². The van der Waals surface area contributed by atoms with E-state index in [1.165, 1.54) is 0 Å². The first-order valence-electron chi connectivity index (χ1n) is 6.87. The highest BCUT2D eigenvalue weighted by molar-refractivity contribution is 9.10. The highest BCUT2D eigenvalue weighted by Crippen LogP contribution is 2.40. The average molecular weight is 344 g/mol. The van der Waals surface area contributed by atoms with Gasteiger partial charge in [-0.15, -0.1) is 0 Å². The Labute approximate surface area is 128 Å². The van der Waals surface area contributed by atoms with Crippen LogP contribution in [-0.4, -0.2) is 34.5 Å². The van der Waals surface area contributed by atoms with Gasteiger partial charge in [-0.1, -0.05) is 0 Å². The predicted molar refractivity (Wildman–Crippen MR) is 82.6 cm³/mol. The van der Waals surface area contributed by atoms with Gasteiger partial charge in [0.2, 0.25) is 0 Å². The number of halogens is 1. The first-order chi connectivity index (χ1) is 9.71. The van der Waals surface area contributed by atoms with Gasteiger partial charge in [0.15, 0.2) is 0 Å². The summed E-state index contributed by atoms with van der Waals surface area (Å²) in [5.74, 6) is 2.25. The van der Waals surface area contributed by atoms with Crippen LogP contribution in [-0.2, 0) is 4.74 Å². The fourth-order valence-corrected chi connectivity index (χ4v) is 3.31. The number of benzene rings is 1. The molecule has 0 aromatic heterocycles. The van der Waals surface area contributed by atoms with E-state index >= 15 is 0 Å². The van der Waals surface area contributed by atoms with Crippen LogP contribution in [0.4, 0.5) is 0 Å². The van der Waals surface area contributed by atoms with Crippen LogP contribution in [0.25, 0.3) is 0 Å². The van der Waals surface area contributed by atoms with Gasteiger partial charge in [-0.05, 0) is 53.9 Å². The lowest BCUT2D eigenvalue weighted by Gasteiger charge is -2.31. The van der Waals surface area contributed by atoms with Gasteiger partial charge in [-0.2, -0.15) is 0 Å². The van der Waals surface area contributed by atoms with Gasteiger partial charge < -0.3 is 19.5 Å². The molecule has 0 radical (unpaired) electrons. The number of hydrogen-bond acceptors (Lipinski definition) is 4. The fourth-order valence-electron chi connectivity index (χ4n) is 2.82. The molecule has 0 aliphatic carbocycles. The van der Waals surface area contributed by atoms with Crippen LogP contribution in [0.2, 0.25) is 0 Å². The van der Waals surface area contributed by atoms with Crippen molar-refractivity contribution < 1.29 is 14.2 Å². The van der Waals surface area contributed by atoms with Crippen LogP contribution in [0.15, 0.2) is 16.6 Å². The molecule has 2 rings (SSSR count). The van der Waals surface area contributed by atoms with Crippen molar-refractivity contribution >= 4 is 15.9 Å². The second-order valence-corrected chi connectivity index (χ2v) is 5.80. The molecule has 1 aromatic carbocycles. The van der Waals surface area contributed by atoms with Crippen LogP contribution in [0.3, 0.4) is 0 Å². The van der Waals surface area contributed by atoms with Crippen molar-refractivity contribution in [3.8, 4) is 11.5 Å². The molecule has 1 atom stereocenters. The Morgan fingerprint density at radius 2 is 1.85 bits per heavy atom. The SMILES string of the molecule is CNC(c1cc(OC)c(Br)cc1OC)C1CCOCC1. The molecule has 0 spiro atoms. The fraction of sp³-hybridized carbons (Fsp3) is 0.600. The topological polar surface area (TPSA) is 39.7 Å². The van der Waals surface area contributed by atoms with E-state index in [1.54, 1.807) is 14.2 Å². The monoisotopic (exact) mass is 343 g/mol. The van der Waals surface area contributed by atoms with E-state index < -0.39 is 0 Å². The van der Waals surface area contributed by atoms with E-state index in [1.807, 2.05) is 13.1 Å². The quantitative estimate of drug-likeness (QED) is 0.891. The molecular formula is C15H22BrNO3. The predicted octanol–water partition coefficient (Wildman–Crippen LogP) is 3.15. The van der Waals surface area contributed by atoms with Crippen LogP contribution in [0.1, 0.15) is 24.4 Å². The maximum atomic E-state index is 5.54. The van der Waals surface area contributed by atoms with Gasteiger partial charge in [0.05, 0.1) is 18.7 Å². The lowest BCUT2D eigenvalue weighted by Crippen LogP contribution is -2.30. The van der Waals surface area contributed by atoms with E-state index in [-0.39, 0.29) is 6.04 Å². The normalized spacial score (nSPS) is 17.8. The summed E-state index contributed by atoms with van der Waals surface area (Å²) in [6.45, 7) is 1.66. The van der Waals surface area contributed by atoms with E-state index in [2.05, 4.69) is 27.3 Å². The molecule has 112 valence electrons. The van der Waals surface area contributed by atoms with Crippen molar-refractivity contribution in [3.05, 3.63) is 22.2 Å². The molecular weight excluding hydrogens is 322 g/mol. The highest BCUT2D eigenvalue weighted by Gasteiger charge is 2.27. The molecule has 0 amide bonds. The minimum atomic E-state index is 0.246. The Morgan fingerprint density at radius 3 is 2.40 bits per heavy atom. The van der Waals surface area contributed by atoms with Crippen molar-refractivity contribution in [1.29, 1.82) is 0 Å². The third kappa shape index (κ3) is 3.27. The Hall–Kier alpha value is -0.780. The molecule has 0 saturated carbocycles. The minimum Gasteiger partial charge on any atom is -0.496 e. The molecule has 1 aromatic rings. The van der Waals surface area contributed by atoms with Gasteiger partial charge in [-0.3, -0.25) is 0 Å². The van der Waals surface area contributed by atoms with E-state index in [0.29, 0.717) is 5.92 Å². The zero-order valence-corrected chi connectivity index (χ0v) is 13.8. The molecule has 1 heterocycles. The van der Waals surface area contributed by atoms with E-state index in [9.17, 15) is 0 Å². The lowest BCUT2D eigenvalue weighted by atomic mass is 9.86. The summed E-state index contributed by atoms with van der Waals surface area (Å²) in [5.41, 5.74) is 1.14. The molecule has 1 saturated heterocycles. The second-order valence-electron chi connectivity index (χ2n) is 4.94. The van der Waals surface area contributed by atoms with Gasteiger partial charge in [0.25, 0.3) is 0 Å². The van der Waals surface area contributed by atoms with E-state index in [4.69, 9.17) is 14.2 Å². The Balaban J connectivity index is 2.36. The summed E-state index contributed by atoms with van der Waals surface area (Å²) >= 11 is 3.50. The molecule has 1 aliphatic heterocycles. The van der Waals surface area contributed by atoms with Crippen LogP contribution < -0.4 is 14.8 Å². The molecule has 1 aliphatic rings. The van der Waals surface area contributed by atoms with Crippen molar-refractivity contribution in [2.45, 2.75) is 18.9 Å². The van der Waals surface area contributed by atoms with E-state index in [0.717, 1.165) is 47.6 Å². The smallest absolute Gasteiger partial charge is 0.133 e. The summed E-state index contributed by atoms with van der Waals surface area (Å²) < 4.78 is 17.3. The third-order valence-corrected chi connectivity index (χ3v) is 4.51. The summed E-state index contributed by atoms with van der Waals surface area (Å²) in [4.78, 5) is 0. The van der Waals surface area contributed by atoms with Crippen LogP contribution in [0, 0.1) is 5.92 Å². The maximum absolute atomic E-state index is 5.54. The Kier molecular flexibility index (Phi) is 5.69. The molecule has 0 bridgehead atoms. The first-order valence-corrected chi connectivity index (χ1v) is 7.67. The standard InChI is InChI=1S/C15H22BrNO3/c1-17-15(10-4-6-20-7-5-10)11-8-14(19-3)12(16)9-13(11)18-2/h8-10,15,17H,4-7H2,1-3H3. The van der Waals surface area contributed by atoms with Crippen molar-refractivity contribution in [2.24, 2.45) is 5.92 Å². The molecule has 1 unspecified atom stereocenters. The zero-order valence-electron chi connectivity index (χ0n) is 12.2. The maximum Gasteiger partial charge on any atom is 0.133 e. The number of hydrogen-bond donors (Lipinski definition) is 1. The molecule has 1 fully saturated rings. The molecule has 1 N–H and O–H groups in total. The Bertz CT molecular complexity index is 447. The molecule has 5 heteroatoms. The van der Waals surface area contributed by atoms with Gasteiger partial charge >= 0.3 is 0 Å². The summed E-state index contributed by atoms with van der Waals surface area (Å²) in [5, 5.41) is 3.43. The van der Waals surface area contributed by atoms with Crippen LogP contribution in [0.5, 0.6) is 11.5 Å². The zero-order chi connectivity index (χ0) is 14.5. The van der Waals surface area contributed by atoms with Gasteiger partial charge in [0, 0.05) is 24.8 Å². The number of nitrogens with one attached hydrogen (secondary N) is 1. The molecule has 20 heavy (non-hydrogen) atoms. The summed E-state index contributed by atoms with van der Waals surface area (Å²) in [6, 6.07) is 4.27. The summed E-state index contributed by atoms with van der Waals surface area (Å²) in [6.07, 6.45) is 2.13. The number of methoxy groups -OCH3 is 2. The summed E-state index contributed by atoms with van der Waals surface area (Å²) in [7, 11) is 5.38. The number of ether oxygens (including phenoxy) is 3. The third-order valence-electron chi connectivity index (χ3n) is 3.89.